The van der Waals surface area contributed by atoms with Crippen LogP contribution in [0.25, 0.3) is 0 Å². The third-order valence-electron chi connectivity index (χ3n) is 0.476. The first-order chi connectivity index (χ1) is 3.63. The van der Waals surface area contributed by atoms with Crippen molar-refractivity contribution in [2.24, 2.45) is 0 Å². The summed E-state index contributed by atoms with van der Waals surface area (Å²) in [6.45, 7) is 1.51. The van der Waals surface area contributed by atoms with E-state index in [1.165, 1.54) is 13.0 Å². The van der Waals surface area contributed by atoms with Gasteiger partial charge in [0.1, 0.15) is 0 Å². The normalized spacial score (nSPS) is 9.62. The molecule has 44 valence electrons. The zero-order valence-corrected chi connectivity index (χ0v) is 4.51. The van der Waals surface area contributed by atoms with E-state index in [0.717, 1.165) is 6.08 Å². The maximum absolute atomic E-state index is 9.72. The molecule has 0 aliphatic heterocycles. The highest BCUT2D eigenvalue weighted by molar-refractivity contribution is 5.95. The Kier molecular flexibility index (Phi) is 2.54. The van der Waals surface area contributed by atoms with Crippen LogP contribution in [0.1, 0.15) is 6.92 Å². The zero-order valence-electron chi connectivity index (χ0n) is 4.51. The maximum Gasteiger partial charge on any atom is 0.328 e. The number of carboxylic acid groups (broad SMARTS) is 1. The highest BCUT2D eigenvalue weighted by atomic mass is 16.4. The average Bonchev–Trinajstić information content (AvgIpc) is 1.61. The number of hydrogen-bond acceptors (Lipinski definition) is 2. The van der Waals surface area contributed by atoms with Gasteiger partial charge < -0.3 is 10.5 Å². The van der Waals surface area contributed by atoms with E-state index in [-0.39, 0.29) is 5.71 Å². The zero-order chi connectivity index (χ0) is 6.57. The molecule has 0 amide bonds. The molecule has 0 rings (SSSR count). The Bertz CT molecular complexity index is 121. The summed E-state index contributed by atoms with van der Waals surface area (Å²) in [7, 11) is 0. The van der Waals surface area contributed by atoms with Crippen LogP contribution in [0.4, 0.5) is 0 Å². The fraction of sp³-hybridized carbons (Fsp3) is 0.200. The van der Waals surface area contributed by atoms with Crippen LogP contribution < -0.4 is 0 Å². The van der Waals surface area contributed by atoms with E-state index in [1.807, 2.05) is 0 Å². The van der Waals surface area contributed by atoms with Crippen molar-refractivity contribution in [3.05, 3.63) is 12.2 Å². The van der Waals surface area contributed by atoms with Gasteiger partial charge in [-0.2, -0.15) is 0 Å². The molecule has 0 aliphatic rings. The summed E-state index contributed by atoms with van der Waals surface area (Å²) in [4.78, 5) is 9.72. The third-order valence-corrected chi connectivity index (χ3v) is 0.476. The molecule has 0 aliphatic carbocycles. The second-order valence-electron chi connectivity index (χ2n) is 1.35. The van der Waals surface area contributed by atoms with Gasteiger partial charge in [-0.05, 0) is 13.0 Å². The molecule has 0 saturated carbocycles. The van der Waals surface area contributed by atoms with E-state index in [9.17, 15) is 4.79 Å². The molecule has 3 nitrogen and oxygen atoms in total. The molecule has 0 saturated heterocycles. The van der Waals surface area contributed by atoms with Crippen molar-refractivity contribution < 1.29 is 9.90 Å². The predicted octanol–water partition coefficient (Wildman–Crippen LogP) is 0.667. The van der Waals surface area contributed by atoms with Crippen LogP contribution in [0.3, 0.4) is 0 Å². The van der Waals surface area contributed by atoms with Crippen molar-refractivity contribution in [1.82, 2.24) is 0 Å². The minimum absolute atomic E-state index is 0.243. The lowest BCUT2D eigenvalue weighted by atomic mass is 10.4. The lowest BCUT2D eigenvalue weighted by molar-refractivity contribution is -0.131. The predicted molar refractivity (Wildman–Crippen MR) is 30.2 cm³/mol. The van der Waals surface area contributed by atoms with Gasteiger partial charge in [-0.3, -0.25) is 0 Å². The Hall–Kier alpha value is -1.12. The number of aliphatic carboxylic acids is 1. The lowest BCUT2D eigenvalue weighted by Crippen LogP contribution is -1.88. The smallest absolute Gasteiger partial charge is 0.328 e. The van der Waals surface area contributed by atoms with Crippen molar-refractivity contribution in [2.45, 2.75) is 6.92 Å². The Morgan fingerprint density at radius 1 is 1.62 bits per heavy atom. The molecule has 0 aromatic rings. The van der Waals surface area contributed by atoms with Gasteiger partial charge >= 0.3 is 5.97 Å². The Morgan fingerprint density at radius 2 is 2.12 bits per heavy atom. The minimum atomic E-state index is -1.02. The molecule has 0 fully saturated rings. The van der Waals surface area contributed by atoms with Gasteiger partial charge in [0.05, 0.1) is 0 Å². The summed E-state index contributed by atoms with van der Waals surface area (Å²) in [5.74, 6) is -1.02. The Morgan fingerprint density at radius 3 is 2.25 bits per heavy atom. The Balaban J connectivity index is 3.67. The van der Waals surface area contributed by atoms with Gasteiger partial charge in [0.2, 0.25) is 0 Å². The van der Waals surface area contributed by atoms with Crippen LogP contribution in [0.2, 0.25) is 0 Å². The van der Waals surface area contributed by atoms with Crippen LogP contribution in [0.5, 0.6) is 0 Å². The highest BCUT2D eigenvalue weighted by Crippen LogP contribution is 1.73. The van der Waals surface area contributed by atoms with Crippen LogP contribution in [0, 0.1) is 5.41 Å². The Labute approximate surface area is 47.2 Å². The number of nitrogens with one attached hydrogen (secondary N) is 1. The SMILES string of the molecule is CC(=N)C=CC(=O)O. The molecule has 0 bridgehead atoms. The van der Waals surface area contributed by atoms with Gasteiger partial charge in [-0.1, -0.05) is 0 Å². The molecule has 0 aromatic carbocycles. The highest BCUT2D eigenvalue weighted by Gasteiger charge is 1.83. The van der Waals surface area contributed by atoms with Crippen molar-refractivity contribution in [1.29, 1.82) is 5.41 Å². The topological polar surface area (TPSA) is 61.2 Å². The quantitative estimate of drug-likeness (QED) is 0.408. The summed E-state index contributed by atoms with van der Waals surface area (Å²) < 4.78 is 0. The van der Waals surface area contributed by atoms with Crippen LogP contribution in [0.15, 0.2) is 12.2 Å². The first-order valence-corrected chi connectivity index (χ1v) is 2.09. The minimum Gasteiger partial charge on any atom is -0.478 e. The van der Waals surface area contributed by atoms with Crippen molar-refractivity contribution in [3.8, 4) is 0 Å². The summed E-state index contributed by atoms with van der Waals surface area (Å²) in [6, 6.07) is 0. The molecule has 0 aromatic heterocycles. The summed E-state index contributed by atoms with van der Waals surface area (Å²) in [5.41, 5.74) is 0.243. The van der Waals surface area contributed by atoms with Crippen molar-refractivity contribution >= 4 is 11.7 Å². The largest absolute Gasteiger partial charge is 0.478 e. The molecule has 8 heavy (non-hydrogen) atoms. The molecular weight excluding hydrogens is 106 g/mol. The van der Waals surface area contributed by atoms with Crippen molar-refractivity contribution in [3.63, 3.8) is 0 Å². The third kappa shape index (κ3) is 4.88. The molecular formula is C5H7NO2. The monoisotopic (exact) mass is 113 g/mol. The first kappa shape index (κ1) is 6.88. The van der Waals surface area contributed by atoms with E-state index in [0.29, 0.717) is 0 Å². The molecule has 0 spiro atoms. The van der Waals surface area contributed by atoms with E-state index in [2.05, 4.69) is 0 Å². The molecule has 0 atom stereocenters. The number of carbonyl (C=O) groups is 1. The van der Waals surface area contributed by atoms with Crippen LogP contribution >= 0.6 is 0 Å². The number of hydrogen-bond donors (Lipinski definition) is 2. The average molecular weight is 113 g/mol. The van der Waals surface area contributed by atoms with Crippen LogP contribution in [-0.2, 0) is 4.79 Å². The van der Waals surface area contributed by atoms with E-state index in [4.69, 9.17) is 10.5 Å². The first-order valence-electron chi connectivity index (χ1n) is 2.09. The van der Waals surface area contributed by atoms with Gasteiger partial charge in [-0.25, -0.2) is 4.79 Å². The molecule has 0 radical (unpaired) electrons. The fourth-order valence-corrected chi connectivity index (χ4v) is 0.196. The second-order valence-corrected chi connectivity index (χ2v) is 1.35. The molecule has 3 heteroatoms. The number of rotatable bonds is 2. The van der Waals surface area contributed by atoms with Crippen molar-refractivity contribution in [2.75, 3.05) is 0 Å². The van der Waals surface area contributed by atoms with Gasteiger partial charge in [0.25, 0.3) is 0 Å². The molecule has 0 heterocycles. The van der Waals surface area contributed by atoms with Gasteiger partial charge in [-0.15, -0.1) is 0 Å². The summed E-state index contributed by atoms with van der Waals surface area (Å²) in [6.07, 6.45) is 2.16. The lowest BCUT2D eigenvalue weighted by Gasteiger charge is -1.77. The van der Waals surface area contributed by atoms with E-state index < -0.39 is 5.97 Å². The van der Waals surface area contributed by atoms with E-state index >= 15 is 0 Å². The van der Waals surface area contributed by atoms with Gasteiger partial charge in [0, 0.05) is 11.8 Å². The number of allylic oxidation sites excluding steroid dienone is 1. The molecule has 2 N–H and O–H groups in total. The fourth-order valence-electron chi connectivity index (χ4n) is 0.196. The molecule has 0 unspecified atom stereocenters. The second kappa shape index (κ2) is 2.96. The van der Waals surface area contributed by atoms with E-state index in [1.54, 1.807) is 0 Å². The number of carboxylic acids is 1. The summed E-state index contributed by atoms with van der Waals surface area (Å²) in [5, 5.41) is 14.7. The maximum atomic E-state index is 9.72. The summed E-state index contributed by atoms with van der Waals surface area (Å²) >= 11 is 0. The van der Waals surface area contributed by atoms with Gasteiger partial charge in [0.15, 0.2) is 0 Å². The standard InChI is InChI=1S/C5H7NO2/c1-4(6)2-3-5(7)8/h2-3,6H,1H3,(H,7,8). The van der Waals surface area contributed by atoms with Crippen LogP contribution in [-0.4, -0.2) is 16.8 Å².